The SMILES string of the molecule is CC1(OC(=O)O)CC(OC(=O)O)CCC1OC(=O)O. The van der Waals surface area contributed by atoms with E-state index >= 15 is 0 Å². The minimum Gasteiger partial charge on any atom is -0.450 e. The maximum Gasteiger partial charge on any atom is 0.506 e. The van der Waals surface area contributed by atoms with Crippen LogP contribution in [0.4, 0.5) is 14.4 Å². The summed E-state index contributed by atoms with van der Waals surface area (Å²) in [7, 11) is 0. The Hall–Kier alpha value is -2.19. The third-order valence-electron chi connectivity index (χ3n) is 2.90. The average molecular weight is 278 g/mol. The molecule has 0 aromatic rings. The summed E-state index contributed by atoms with van der Waals surface area (Å²) in [5.74, 6) is 0. The van der Waals surface area contributed by atoms with Gasteiger partial charge in [0.2, 0.25) is 0 Å². The van der Waals surface area contributed by atoms with Gasteiger partial charge >= 0.3 is 18.5 Å². The smallest absolute Gasteiger partial charge is 0.450 e. The molecule has 1 aliphatic rings. The standard InChI is InChI=1S/C10H14O9/c1-10(19-9(15)16)4-5(17-7(11)12)2-3-6(10)18-8(13)14/h5-6H,2-4H2,1H3,(H,11,12)(H,13,14)(H,15,16). The predicted molar refractivity (Wildman–Crippen MR) is 57.2 cm³/mol. The van der Waals surface area contributed by atoms with Crippen molar-refractivity contribution < 1.29 is 43.9 Å². The van der Waals surface area contributed by atoms with E-state index in [-0.39, 0.29) is 19.3 Å². The summed E-state index contributed by atoms with van der Waals surface area (Å²) in [4.78, 5) is 31.7. The van der Waals surface area contributed by atoms with Crippen molar-refractivity contribution in [3.63, 3.8) is 0 Å². The second-order valence-electron chi connectivity index (χ2n) is 4.34. The maximum atomic E-state index is 10.7. The van der Waals surface area contributed by atoms with Crippen LogP contribution in [0.3, 0.4) is 0 Å². The minimum atomic E-state index is -1.60. The Bertz CT molecular complexity index is 379. The van der Waals surface area contributed by atoms with Gasteiger partial charge in [-0.15, -0.1) is 0 Å². The number of ether oxygens (including phenoxy) is 3. The van der Waals surface area contributed by atoms with Gasteiger partial charge in [0.1, 0.15) is 12.2 Å². The Kier molecular flexibility index (Phi) is 4.41. The fraction of sp³-hybridized carbons (Fsp3) is 0.700. The zero-order chi connectivity index (χ0) is 14.6. The lowest BCUT2D eigenvalue weighted by Gasteiger charge is -2.40. The molecule has 0 amide bonds. The number of hydrogen-bond donors (Lipinski definition) is 3. The summed E-state index contributed by atoms with van der Waals surface area (Å²) in [6.45, 7) is 1.34. The van der Waals surface area contributed by atoms with Crippen molar-refractivity contribution in [2.45, 2.75) is 44.0 Å². The summed E-state index contributed by atoms with van der Waals surface area (Å²) in [6.07, 6.45) is -6.19. The van der Waals surface area contributed by atoms with Crippen LogP contribution in [0.5, 0.6) is 0 Å². The van der Waals surface area contributed by atoms with Gasteiger partial charge in [-0.1, -0.05) is 0 Å². The van der Waals surface area contributed by atoms with Crippen LogP contribution in [-0.4, -0.2) is 51.6 Å². The number of carboxylic acid groups (broad SMARTS) is 3. The molecule has 3 unspecified atom stereocenters. The molecule has 19 heavy (non-hydrogen) atoms. The molecule has 0 saturated heterocycles. The molecule has 1 saturated carbocycles. The molecule has 0 aliphatic heterocycles. The zero-order valence-electron chi connectivity index (χ0n) is 10.1. The maximum absolute atomic E-state index is 10.7. The Morgan fingerprint density at radius 1 is 1.00 bits per heavy atom. The van der Waals surface area contributed by atoms with Gasteiger partial charge in [0.05, 0.1) is 0 Å². The van der Waals surface area contributed by atoms with Crippen LogP contribution in [0.25, 0.3) is 0 Å². The molecule has 108 valence electrons. The van der Waals surface area contributed by atoms with Crippen molar-refractivity contribution in [1.29, 1.82) is 0 Å². The molecule has 9 heteroatoms. The molecule has 1 rings (SSSR count). The van der Waals surface area contributed by atoms with Crippen molar-refractivity contribution in [3.05, 3.63) is 0 Å². The summed E-state index contributed by atoms with van der Waals surface area (Å²) in [5, 5.41) is 25.8. The normalized spacial score (nSPS) is 30.2. The van der Waals surface area contributed by atoms with E-state index in [4.69, 9.17) is 15.3 Å². The highest BCUT2D eigenvalue weighted by Gasteiger charge is 2.47. The van der Waals surface area contributed by atoms with Gasteiger partial charge in [-0.25, -0.2) is 14.4 Å². The Morgan fingerprint density at radius 2 is 1.58 bits per heavy atom. The number of carbonyl (C=O) groups is 3. The lowest BCUT2D eigenvalue weighted by atomic mass is 9.81. The summed E-state index contributed by atoms with van der Waals surface area (Å²) < 4.78 is 13.8. The van der Waals surface area contributed by atoms with Gasteiger partial charge in [-0.2, -0.15) is 0 Å². The summed E-state index contributed by atoms with van der Waals surface area (Å²) in [6, 6.07) is 0. The van der Waals surface area contributed by atoms with E-state index in [2.05, 4.69) is 14.2 Å². The van der Waals surface area contributed by atoms with Crippen molar-refractivity contribution in [3.8, 4) is 0 Å². The fourth-order valence-corrected chi connectivity index (χ4v) is 2.18. The highest BCUT2D eigenvalue weighted by Crippen LogP contribution is 2.35. The molecule has 0 aromatic carbocycles. The Labute approximate surface area is 107 Å². The molecule has 0 radical (unpaired) electrons. The number of hydrogen-bond acceptors (Lipinski definition) is 6. The molecular weight excluding hydrogens is 264 g/mol. The van der Waals surface area contributed by atoms with Crippen molar-refractivity contribution >= 4 is 18.5 Å². The predicted octanol–water partition coefficient (Wildman–Crippen LogP) is 1.75. The van der Waals surface area contributed by atoms with E-state index in [0.29, 0.717) is 0 Å². The Morgan fingerprint density at radius 3 is 2.05 bits per heavy atom. The van der Waals surface area contributed by atoms with Gasteiger partial charge in [-0.05, 0) is 19.8 Å². The Balaban J connectivity index is 2.81. The van der Waals surface area contributed by atoms with Crippen LogP contribution in [0, 0.1) is 0 Å². The highest BCUT2D eigenvalue weighted by atomic mass is 16.7. The molecule has 0 bridgehead atoms. The molecular formula is C10H14O9. The average Bonchev–Trinajstić information content (AvgIpc) is 2.19. The zero-order valence-corrected chi connectivity index (χ0v) is 10.1. The molecule has 3 atom stereocenters. The summed E-state index contributed by atoms with van der Waals surface area (Å²) >= 11 is 0. The van der Waals surface area contributed by atoms with E-state index in [9.17, 15) is 14.4 Å². The largest absolute Gasteiger partial charge is 0.506 e. The molecule has 0 spiro atoms. The van der Waals surface area contributed by atoms with Gasteiger partial charge in [0, 0.05) is 6.42 Å². The van der Waals surface area contributed by atoms with Crippen LogP contribution >= 0.6 is 0 Å². The van der Waals surface area contributed by atoms with Crippen LogP contribution < -0.4 is 0 Å². The third-order valence-corrected chi connectivity index (χ3v) is 2.90. The first-order valence-corrected chi connectivity index (χ1v) is 5.44. The quantitative estimate of drug-likeness (QED) is 0.520. The van der Waals surface area contributed by atoms with Crippen LogP contribution in [0.2, 0.25) is 0 Å². The third kappa shape index (κ3) is 4.19. The van der Waals surface area contributed by atoms with Gasteiger partial charge in [-0.3, -0.25) is 0 Å². The molecule has 3 N–H and O–H groups in total. The second kappa shape index (κ2) is 5.63. The molecule has 1 aliphatic carbocycles. The van der Waals surface area contributed by atoms with E-state index in [1.54, 1.807) is 0 Å². The monoisotopic (exact) mass is 278 g/mol. The van der Waals surface area contributed by atoms with E-state index in [1.807, 2.05) is 0 Å². The lowest BCUT2D eigenvalue weighted by molar-refractivity contribution is -0.141. The van der Waals surface area contributed by atoms with Crippen LogP contribution in [0.15, 0.2) is 0 Å². The summed E-state index contributed by atoms with van der Waals surface area (Å²) in [5.41, 5.74) is -1.48. The van der Waals surface area contributed by atoms with Crippen LogP contribution in [0.1, 0.15) is 26.2 Å². The molecule has 0 aromatic heterocycles. The van der Waals surface area contributed by atoms with Crippen molar-refractivity contribution in [2.75, 3.05) is 0 Å². The lowest BCUT2D eigenvalue weighted by Crippen LogP contribution is -2.52. The minimum absolute atomic E-state index is 0.105. The van der Waals surface area contributed by atoms with Crippen molar-refractivity contribution in [1.82, 2.24) is 0 Å². The first-order valence-electron chi connectivity index (χ1n) is 5.44. The first kappa shape index (κ1) is 14.9. The second-order valence-corrected chi connectivity index (χ2v) is 4.34. The fourth-order valence-electron chi connectivity index (χ4n) is 2.18. The molecule has 1 fully saturated rings. The number of rotatable bonds is 3. The van der Waals surface area contributed by atoms with E-state index in [0.717, 1.165) is 0 Å². The van der Waals surface area contributed by atoms with E-state index < -0.39 is 36.3 Å². The van der Waals surface area contributed by atoms with Crippen LogP contribution in [-0.2, 0) is 14.2 Å². The first-order chi connectivity index (χ1) is 8.73. The van der Waals surface area contributed by atoms with Gasteiger partial charge in [0.15, 0.2) is 5.60 Å². The van der Waals surface area contributed by atoms with Gasteiger partial charge in [0.25, 0.3) is 0 Å². The van der Waals surface area contributed by atoms with E-state index in [1.165, 1.54) is 6.92 Å². The van der Waals surface area contributed by atoms with Gasteiger partial charge < -0.3 is 29.5 Å². The molecule has 0 heterocycles. The topological polar surface area (TPSA) is 140 Å². The highest BCUT2D eigenvalue weighted by molar-refractivity contribution is 5.59. The van der Waals surface area contributed by atoms with Crippen molar-refractivity contribution in [2.24, 2.45) is 0 Å². The molecule has 9 nitrogen and oxygen atoms in total.